The second kappa shape index (κ2) is 5.59. The Morgan fingerprint density at radius 2 is 1.88 bits per heavy atom. The third-order valence-corrected chi connectivity index (χ3v) is 4.26. The van der Waals surface area contributed by atoms with Crippen molar-refractivity contribution in [3.8, 4) is 11.6 Å². The first-order valence-corrected chi connectivity index (χ1v) is 7.91. The number of carbonyl (C=O) groups is 1. The average molecular weight is 332 g/mol. The zero-order chi connectivity index (χ0) is 17.6. The Morgan fingerprint density at radius 3 is 2.60 bits per heavy atom. The standard InChI is InChI=1S/C19H16N4O2/c1-12-17(25)7-10-23(18(12)13(2)24)19-20-15-6-5-14(11-16(15)21-19)22-8-3-4-9-22/h3-11H,1-2H3,(H,20,21). The number of hydrogen-bond donors (Lipinski definition) is 1. The van der Waals surface area contributed by atoms with E-state index in [1.54, 1.807) is 17.7 Å². The van der Waals surface area contributed by atoms with Crippen molar-refractivity contribution in [3.63, 3.8) is 0 Å². The topological polar surface area (TPSA) is 72.7 Å². The Balaban J connectivity index is 1.90. The molecule has 25 heavy (non-hydrogen) atoms. The molecule has 4 aromatic rings. The van der Waals surface area contributed by atoms with Gasteiger partial charge < -0.3 is 9.55 Å². The molecule has 0 aliphatic heterocycles. The average Bonchev–Trinajstić information content (AvgIpc) is 3.25. The molecule has 0 spiro atoms. The van der Waals surface area contributed by atoms with Crippen LogP contribution in [-0.2, 0) is 0 Å². The fourth-order valence-electron chi connectivity index (χ4n) is 3.01. The number of aromatic amines is 1. The van der Waals surface area contributed by atoms with Crippen molar-refractivity contribution in [2.24, 2.45) is 0 Å². The fraction of sp³-hybridized carbons (Fsp3) is 0.105. The SMILES string of the molecule is CC(=O)c1c(C)c(=O)ccn1-c1nc2ccc(-n3cccc3)cc2[nH]1. The number of benzene rings is 1. The van der Waals surface area contributed by atoms with E-state index in [2.05, 4.69) is 9.97 Å². The minimum atomic E-state index is -0.177. The summed E-state index contributed by atoms with van der Waals surface area (Å²) >= 11 is 0. The van der Waals surface area contributed by atoms with Gasteiger partial charge in [-0.1, -0.05) is 0 Å². The quantitative estimate of drug-likeness (QED) is 0.586. The molecule has 0 saturated heterocycles. The van der Waals surface area contributed by atoms with Crippen LogP contribution in [0.5, 0.6) is 0 Å². The van der Waals surface area contributed by atoms with E-state index in [4.69, 9.17) is 0 Å². The van der Waals surface area contributed by atoms with Crippen molar-refractivity contribution in [1.29, 1.82) is 0 Å². The highest BCUT2D eigenvalue weighted by molar-refractivity contribution is 5.94. The van der Waals surface area contributed by atoms with Crippen LogP contribution in [0.3, 0.4) is 0 Å². The van der Waals surface area contributed by atoms with Gasteiger partial charge in [0, 0.05) is 42.8 Å². The van der Waals surface area contributed by atoms with Crippen molar-refractivity contribution in [3.05, 3.63) is 76.5 Å². The Labute approximate surface area is 143 Å². The molecule has 6 heteroatoms. The molecule has 0 unspecified atom stereocenters. The van der Waals surface area contributed by atoms with Crippen LogP contribution in [0.2, 0.25) is 0 Å². The number of nitrogens with zero attached hydrogens (tertiary/aromatic N) is 3. The normalized spacial score (nSPS) is 11.1. The van der Waals surface area contributed by atoms with Gasteiger partial charge in [0.2, 0.25) is 5.95 Å². The van der Waals surface area contributed by atoms with Crippen LogP contribution < -0.4 is 5.43 Å². The molecule has 0 aliphatic carbocycles. The number of imidazole rings is 1. The van der Waals surface area contributed by atoms with Crippen LogP contribution >= 0.6 is 0 Å². The summed E-state index contributed by atoms with van der Waals surface area (Å²) in [5, 5.41) is 0. The molecule has 6 nitrogen and oxygen atoms in total. The second-order valence-corrected chi connectivity index (χ2v) is 5.93. The molecule has 124 valence electrons. The van der Waals surface area contributed by atoms with Crippen molar-refractivity contribution in [1.82, 2.24) is 19.1 Å². The third-order valence-electron chi connectivity index (χ3n) is 4.26. The first kappa shape index (κ1) is 15.1. The van der Waals surface area contributed by atoms with Gasteiger partial charge >= 0.3 is 0 Å². The van der Waals surface area contributed by atoms with E-state index < -0.39 is 0 Å². The third kappa shape index (κ3) is 2.48. The Kier molecular flexibility index (Phi) is 3.39. The number of hydrogen-bond acceptors (Lipinski definition) is 3. The van der Waals surface area contributed by atoms with Gasteiger partial charge in [-0.2, -0.15) is 0 Å². The predicted octanol–water partition coefficient (Wildman–Crippen LogP) is 3.02. The second-order valence-electron chi connectivity index (χ2n) is 5.93. The number of aromatic nitrogens is 4. The summed E-state index contributed by atoms with van der Waals surface area (Å²) in [7, 11) is 0. The van der Waals surface area contributed by atoms with E-state index in [1.165, 1.54) is 13.0 Å². The van der Waals surface area contributed by atoms with Gasteiger partial charge in [-0.3, -0.25) is 14.2 Å². The summed E-state index contributed by atoms with van der Waals surface area (Å²) in [5.41, 5.74) is 3.26. The van der Waals surface area contributed by atoms with Crippen LogP contribution in [0.4, 0.5) is 0 Å². The maximum Gasteiger partial charge on any atom is 0.212 e. The van der Waals surface area contributed by atoms with E-state index in [0.29, 0.717) is 17.2 Å². The molecule has 3 heterocycles. The maximum absolute atomic E-state index is 12.0. The highest BCUT2D eigenvalue weighted by Crippen LogP contribution is 2.20. The summed E-state index contributed by atoms with van der Waals surface area (Å²) in [4.78, 5) is 31.7. The van der Waals surface area contributed by atoms with Gasteiger partial charge in [-0.05, 0) is 37.3 Å². The van der Waals surface area contributed by atoms with Crippen molar-refractivity contribution >= 4 is 16.8 Å². The van der Waals surface area contributed by atoms with Crippen molar-refractivity contribution in [2.75, 3.05) is 0 Å². The Bertz CT molecular complexity index is 1150. The summed E-state index contributed by atoms with van der Waals surface area (Å²) in [6, 6.07) is 11.3. The number of carbonyl (C=O) groups excluding carboxylic acids is 1. The molecule has 0 atom stereocenters. The van der Waals surface area contributed by atoms with Crippen molar-refractivity contribution < 1.29 is 4.79 Å². The monoisotopic (exact) mass is 332 g/mol. The Morgan fingerprint density at radius 1 is 1.12 bits per heavy atom. The molecule has 0 aliphatic rings. The van der Waals surface area contributed by atoms with Crippen LogP contribution in [0.25, 0.3) is 22.7 Å². The zero-order valence-electron chi connectivity index (χ0n) is 13.9. The van der Waals surface area contributed by atoms with Gasteiger partial charge in [0.1, 0.15) is 0 Å². The minimum absolute atomic E-state index is 0.160. The number of H-pyrrole nitrogens is 1. The van der Waals surface area contributed by atoms with E-state index in [-0.39, 0.29) is 11.2 Å². The molecule has 0 saturated carbocycles. The number of ketones is 1. The minimum Gasteiger partial charge on any atom is -0.324 e. The van der Waals surface area contributed by atoms with Crippen LogP contribution in [0.1, 0.15) is 23.0 Å². The Hall–Kier alpha value is -3.41. The van der Waals surface area contributed by atoms with E-state index >= 15 is 0 Å². The zero-order valence-corrected chi connectivity index (χ0v) is 13.9. The van der Waals surface area contributed by atoms with E-state index in [0.717, 1.165) is 16.7 Å². The lowest BCUT2D eigenvalue weighted by Crippen LogP contribution is -2.18. The highest BCUT2D eigenvalue weighted by atomic mass is 16.1. The van der Waals surface area contributed by atoms with Gasteiger partial charge in [-0.25, -0.2) is 4.98 Å². The lowest BCUT2D eigenvalue weighted by molar-refractivity contribution is 0.100. The largest absolute Gasteiger partial charge is 0.324 e. The molecule has 1 N–H and O–H groups in total. The molecule has 3 aromatic heterocycles. The number of fused-ring (bicyclic) bond motifs is 1. The number of nitrogens with one attached hydrogen (secondary N) is 1. The lowest BCUT2D eigenvalue weighted by Gasteiger charge is -2.10. The summed E-state index contributed by atoms with van der Waals surface area (Å²) in [5.74, 6) is 0.330. The highest BCUT2D eigenvalue weighted by Gasteiger charge is 2.15. The van der Waals surface area contributed by atoms with Crippen LogP contribution in [-0.4, -0.2) is 24.9 Å². The molecule has 0 fully saturated rings. The van der Waals surface area contributed by atoms with E-state index in [1.807, 2.05) is 47.3 Å². The van der Waals surface area contributed by atoms with Gasteiger partial charge in [0.15, 0.2) is 11.2 Å². The molecule has 0 amide bonds. The summed E-state index contributed by atoms with van der Waals surface area (Å²) < 4.78 is 3.64. The van der Waals surface area contributed by atoms with Crippen LogP contribution in [0.15, 0.2) is 59.8 Å². The number of Topliss-reactive ketones (excluding diaryl/α,β-unsaturated/α-hetero) is 1. The molecular formula is C19H16N4O2. The predicted molar refractivity (Wildman–Crippen MR) is 95.8 cm³/mol. The smallest absolute Gasteiger partial charge is 0.212 e. The fourth-order valence-corrected chi connectivity index (χ4v) is 3.01. The summed E-state index contributed by atoms with van der Waals surface area (Å²) in [6.45, 7) is 3.10. The number of pyridine rings is 1. The van der Waals surface area contributed by atoms with Gasteiger partial charge in [-0.15, -0.1) is 0 Å². The molecule has 4 rings (SSSR count). The first-order chi connectivity index (χ1) is 12.0. The molecule has 0 bridgehead atoms. The molecule has 1 aromatic carbocycles. The summed E-state index contributed by atoms with van der Waals surface area (Å²) in [6.07, 6.45) is 5.52. The number of rotatable bonds is 3. The van der Waals surface area contributed by atoms with E-state index in [9.17, 15) is 9.59 Å². The first-order valence-electron chi connectivity index (χ1n) is 7.91. The lowest BCUT2D eigenvalue weighted by atomic mass is 10.1. The maximum atomic E-state index is 12.0. The molecular weight excluding hydrogens is 316 g/mol. The molecule has 0 radical (unpaired) electrons. The van der Waals surface area contributed by atoms with Gasteiger partial charge in [0.05, 0.1) is 16.7 Å². The van der Waals surface area contributed by atoms with Crippen molar-refractivity contribution in [2.45, 2.75) is 13.8 Å². The van der Waals surface area contributed by atoms with Gasteiger partial charge in [0.25, 0.3) is 0 Å². The van der Waals surface area contributed by atoms with Crippen LogP contribution in [0, 0.1) is 6.92 Å².